The molecule has 0 heterocycles. The van der Waals surface area contributed by atoms with Gasteiger partial charge in [-0.3, -0.25) is 9.59 Å². The lowest BCUT2D eigenvalue weighted by molar-refractivity contribution is -0.150. The van der Waals surface area contributed by atoms with E-state index in [-0.39, 0.29) is 32.0 Å². The molecule has 32 heavy (non-hydrogen) atoms. The highest BCUT2D eigenvalue weighted by atomic mass is 16.5. The van der Waals surface area contributed by atoms with E-state index in [0.717, 1.165) is 11.1 Å². The van der Waals surface area contributed by atoms with Crippen molar-refractivity contribution in [3.8, 4) is 0 Å². The van der Waals surface area contributed by atoms with Crippen LogP contribution in [0.2, 0.25) is 0 Å². The third-order valence-corrected chi connectivity index (χ3v) is 4.77. The molecule has 0 aliphatic rings. The van der Waals surface area contributed by atoms with Gasteiger partial charge in [0.2, 0.25) is 5.91 Å². The largest absolute Gasteiger partial charge is 0.461 e. The quantitative estimate of drug-likeness (QED) is 0.491. The summed E-state index contributed by atoms with van der Waals surface area (Å²) in [5.41, 5.74) is 7.64. The number of carbonyl (C=O) groups excluding carboxylic acids is 3. The van der Waals surface area contributed by atoms with Gasteiger partial charge in [-0.05, 0) is 29.9 Å². The number of nitrogens with two attached hydrogens (primary N) is 1. The minimum absolute atomic E-state index is 0.0440. The molecule has 0 radical (unpaired) electrons. The van der Waals surface area contributed by atoms with Crippen LogP contribution < -0.4 is 11.1 Å². The normalized spacial score (nSPS) is 12.6. The van der Waals surface area contributed by atoms with Gasteiger partial charge in [0.1, 0.15) is 19.3 Å². The van der Waals surface area contributed by atoms with Gasteiger partial charge in [-0.2, -0.15) is 0 Å². The molecule has 0 saturated heterocycles. The van der Waals surface area contributed by atoms with Gasteiger partial charge in [-0.25, -0.2) is 4.79 Å². The molecule has 0 unspecified atom stereocenters. The summed E-state index contributed by atoms with van der Waals surface area (Å²) in [6, 6.07) is 16.8. The molecule has 2 atom stereocenters. The summed E-state index contributed by atoms with van der Waals surface area (Å²) in [7, 11) is 0. The first-order valence-corrected chi connectivity index (χ1v) is 10.8. The van der Waals surface area contributed by atoms with Crippen molar-refractivity contribution >= 4 is 17.8 Å². The standard InChI is InChI=1S/C25H32N2O5/c1-18(2)15-21(26)24(29)27-22(25(30)32-17-20-11-7-4-8-12-20)13-14-23(28)31-16-19-9-5-3-6-10-19/h3-12,18,21-22H,13-17,26H2,1-2H3,(H,27,29)/t21-,22-/m0/s1. The van der Waals surface area contributed by atoms with Gasteiger partial charge in [0.25, 0.3) is 0 Å². The molecule has 0 aliphatic carbocycles. The molecule has 0 aromatic heterocycles. The molecule has 0 fully saturated rings. The van der Waals surface area contributed by atoms with Gasteiger partial charge in [-0.1, -0.05) is 74.5 Å². The zero-order valence-electron chi connectivity index (χ0n) is 18.7. The van der Waals surface area contributed by atoms with Crippen LogP contribution in [-0.4, -0.2) is 29.9 Å². The molecule has 2 aromatic rings. The third-order valence-electron chi connectivity index (χ3n) is 4.77. The van der Waals surface area contributed by atoms with Crippen LogP contribution in [0.15, 0.2) is 60.7 Å². The molecule has 2 aromatic carbocycles. The molecule has 0 saturated carbocycles. The van der Waals surface area contributed by atoms with E-state index in [2.05, 4.69) is 5.32 Å². The summed E-state index contributed by atoms with van der Waals surface area (Å²) >= 11 is 0. The predicted molar refractivity (Wildman–Crippen MR) is 121 cm³/mol. The number of esters is 2. The van der Waals surface area contributed by atoms with Crippen molar-refractivity contribution in [1.82, 2.24) is 5.32 Å². The first kappa shape index (κ1) is 25.1. The topological polar surface area (TPSA) is 108 Å². The molecule has 7 heteroatoms. The van der Waals surface area contributed by atoms with E-state index in [1.165, 1.54) is 0 Å². The first-order chi connectivity index (χ1) is 15.3. The van der Waals surface area contributed by atoms with E-state index in [0.29, 0.717) is 6.42 Å². The minimum Gasteiger partial charge on any atom is -0.461 e. The van der Waals surface area contributed by atoms with Crippen molar-refractivity contribution in [2.45, 2.75) is 58.4 Å². The van der Waals surface area contributed by atoms with Crippen LogP contribution >= 0.6 is 0 Å². The van der Waals surface area contributed by atoms with Crippen LogP contribution in [0.25, 0.3) is 0 Å². The summed E-state index contributed by atoms with van der Waals surface area (Å²) in [5, 5.41) is 2.64. The molecule has 3 N–H and O–H groups in total. The van der Waals surface area contributed by atoms with Crippen molar-refractivity contribution in [2.24, 2.45) is 11.7 Å². The maximum atomic E-state index is 12.7. The Morgan fingerprint density at radius 3 is 1.94 bits per heavy atom. The summed E-state index contributed by atoms with van der Waals surface area (Å²) in [4.78, 5) is 37.3. The molecule has 7 nitrogen and oxygen atoms in total. The first-order valence-electron chi connectivity index (χ1n) is 10.8. The highest BCUT2D eigenvalue weighted by Gasteiger charge is 2.26. The Bertz CT molecular complexity index is 855. The number of nitrogens with one attached hydrogen (secondary N) is 1. The lowest BCUT2D eigenvalue weighted by atomic mass is 10.0. The molecule has 172 valence electrons. The maximum absolute atomic E-state index is 12.7. The van der Waals surface area contributed by atoms with Gasteiger partial charge in [-0.15, -0.1) is 0 Å². The summed E-state index contributed by atoms with van der Waals surface area (Å²) < 4.78 is 10.6. The molecular formula is C25H32N2O5. The van der Waals surface area contributed by atoms with E-state index in [1.807, 2.05) is 74.5 Å². The number of ether oxygens (including phenoxy) is 2. The number of hydrogen-bond acceptors (Lipinski definition) is 6. The van der Waals surface area contributed by atoms with Crippen molar-refractivity contribution in [1.29, 1.82) is 0 Å². The fourth-order valence-corrected chi connectivity index (χ4v) is 3.04. The summed E-state index contributed by atoms with van der Waals surface area (Å²) in [5.74, 6) is -1.30. The highest BCUT2D eigenvalue weighted by Crippen LogP contribution is 2.09. The van der Waals surface area contributed by atoms with Gasteiger partial charge < -0.3 is 20.5 Å². The number of carbonyl (C=O) groups is 3. The van der Waals surface area contributed by atoms with Crippen molar-refractivity contribution in [3.63, 3.8) is 0 Å². The fourth-order valence-electron chi connectivity index (χ4n) is 3.04. The summed E-state index contributed by atoms with van der Waals surface area (Å²) in [6.07, 6.45) is 0.496. The monoisotopic (exact) mass is 440 g/mol. The van der Waals surface area contributed by atoms with Crippen LogP contribution in [0.5, 0.6) is 0 Å². The van der Waals surface area contributed by atoms with E-state index in [4.69, 9.17) is 15.2 Å². The van der Waals surface area contributed by atoms with E-state index >= 15 is 0 Å². The van der Waals surface area contributed by atoms with Gasteiger partial charge in [0.15, 0.2) is 0 Å². The smallest absolute Gasteiger partial charge is 0.328 e. The Morgan fingerprint density at radius 2 is 1.41 bits per heavy atom. The predicted octanol–water partition coefficient (Wildman–Crippen LogP) is 3.11. The molecule has 1 amide bonds. The minimum atomic E-state index is -0.992. The molecular weight excluding hydrogens is 408 g/mol. The Balaban J connectivity index is 1.93. The lowest BCUT2D eigenvalue weighted by Gasteiger charge is -2.20. The zero-order valence-corrected chi connectivity index (χ0v) is 18.7. The maximum Gasteiger partial charge on any atom is 0.328 e. The van der Waals surface area contributed by atoms with Crippen LogP contribution in [0.4, 0.5) is 0 Å². The van der Waals surface area contributed by atoms with Crippen molar-refractivity contribution in [3.05, 3.63) is 71.8 Å². The van der Waals surface area contributed by atoms with Gasteiger partial charge in [0.05, 0.1) is 6.04 Å². The molecule has 0 aliphatic heterocycles. The highest BCUT2D eigenvalue weighted by molar-refractivity contribution is 5.87. The number of amides is 1. The molecule has 2 rings (SSSR count). The average Bonchev–Trinajstić information content (AvgIpc) is 2.79. The second-order valence-electron chi connectivity index (χ2n) is 8.08. The summed E-state index contributed by atoms with van der Waals surface area (Å²) in [6.45, 7) is 4.14. The van der Waals surface area contributed by atoms with Crippen LogP contribution in [0.1, 0.15) is 44.2 Å². The van der Waals surface area contributed by atoms with Crippen molar-refractivity contribution in [2.75, 3.05) is 0 Å². The second-order valence-corrected chi connectivity index (χ2v) is 8.08. The van der Waals surface area contributed by atoms with E-state index < -0.39 is 29.9 Å². The van der Waals surface area contributed by atoms with Gasteiger partial charge >= 0.3 is 11.9 Å². The zero-order chi connectivity index (χ0) is 23.3. The lowest BCUT2D eigenvalue weighted by Crippen LogP contribution is -2.49. The SMILES string of the molecule is CC(C)C[C@H](N)C(=O)N[C@@H](CCC(=O)OCc1ccccc1)C(=O)OCc1ccccc1. The fraction of sp³-hybridized carbons (Fsp3) is 0.400. The van der Waals surface area contributed by atoms with E-state index in [9.17, 15) is 14.4 Å². The van der Waals surface area contributed by atoms with E-state index in [1.54, 1.807) is 0 Å². The molecule has 0 bridgehead atoms. The Kier molecular flexibility index (Phi) is 10.4. The van der Waals surface area contributed by atoms with Crippen LogP contribution in [-0.2, 0) is 37.1 Å². The van der Waals surface area contributed by atoms with Crippen molar-refractivity contribution < 1.29 is 23.9 Å². The average molecular weight is 441 g/mol. The Labute approximate surface area is 189 Å². The third kappa shape index (κ3) is 9.31. The van der Waals surface area contributed by atoms with Gasteiger partial charge in [0, 0.05) is 6.42 Å². The Hall–Kier alpha value is -3.19. The van der Waals surface area contributed by atoms with Crippen LogP contribution in [0, 0.1) is 5.92 Å². The number of rotatable bonds is 12. The number of benzene rings is 2. The number of hydrogen-bond donors (Lipinski definition) is 2. The molecule has 0 spiro atoms. The second kappa shape index (κ2) is 13.3. The Morgan fingerprint density at radius 1 is 0.875 bits per heavy atom. The van der Waals surface area contributed by atoms with Crippen LogP contribution in [0.3, 0.4) is 0 Å².